The molecule has 2 aromatic carbocycles. The largest absolute Gasteiger partial charge is 0.273 e. The Morgan fingerprint density at radius 1 is 0.963 bits per heavy atom. The number of carbonyl (C=O) groups is 2. The van der Waals surface area contributed by atoms with Crippen LogP contribution < -0.4 is 9.96 Å². The van der Waals surface area contributed by atoms with Gasteiger partial charge in [-0.05, 0) is 48.7 Å². The van der Waals surface area contributed by atoms with Crippen molar-refractivity contribution in [3.8, 4) is 0 Å². The van der Waals surface area contributed by atoms with Crippen molar-refractivity contribution < 1.29 is 14.4 Å². The van der Waals surface area contributed by atoms with Crippen LogP contribution in [0.1, 0.15) is 20.3 Å². The van der Waals surface area contributed by atoms with Crippen LogP contribution in [-0.4, -0.2) is 24.0 Å². The average molecular weight is 385 g/mol. The molecule has 5 nitrogen and oxygen atoms in total. The number of imide groups is 1. The van der Waals surface area contributed by atoms with Gasteiger partial charge in [0.2, 0.25) is 5.91 Å². The van der Waals surface area contributed by atoms with Crippen molar-refractivity contribution in [3.63, 3.8) is 0 Å². The van der Waals surface area contributed by atoms with Crippen LogP contribution in [0.15, 0.2) is 54.6 Å². The van der Waals surface area contributed by atoms with E-state index < -0.39 is 12.0 Å². The van der Waals surface area contributed by atoms with Crippen molar-refractivity contribution in [1.29, 1.82) is 0 Å². The van der Waals surface area contributed by atoms with Gasteiger partial charge in [0.25, 0.3) is 5.91 Å². The van der Waals surface area contributed by atoms with E-state index in [-0.39, 0.29) is 17.9 Å². The van der Waals surface area contributed by atoms with E-state index in [1.807, 2.05) is 30.3 Å². The van der Waals surface area contributed by atoms with E-state index in [1.54, 1.807) is 29.3 Å². The molecule has 0 aromatic heterocycles. The summed E-state index contributed by atoms with van der Waals surface area (Å²) in [6, 6.07) is 16.2. The maximum absolute atomic E-state index is 13.2. The predicted octanol–water partition coefficient (Wildman–Crippen LogP) is 4.06. The molecule has 140 valence electrons. The number of halogens is 1. The summed E-state index contributed by atoms with van der Waals surface area (Å²) in [6.07, 6.45) is -0.0408. The maximum atomic E-state index is 13.2. The number of nitrogens with zero attached hydrogens (tertiary/aromatic N) is 2. The van der Waals surface area contributed by atoms with Gasteiger partial charge in [0.15, 0.2) is 6.10 Å². The molecule has 2 fully saturated rings. The number of amides is 2. The Morgan fingerprint density at radius 3 is 2.26 bits per heavy atom. The molecule has 27 heavy (non-hydrogen) atoms. The minimum absolute atomic E-state index is 0.189. The van der Waals surface area contributed by atoms with Crippen molar-refractivity contribution in [2.45, 2.75) is 32.4 Å². The average Bonchev–Trinajstić information content (AvgIpc) is 3.13. The lowest BCUT2D eigenvalue weighted by atomic mass is 9.90. The number of hydrogen-bond donors (Lipinski definition) is 0. The van der Waals surface area contributed by atoms with E-state index in [9.17, 15) is 9.59 Å². The van der Waals surface area contributed by atoms with Gasteiger partial charge in [-0.3, -0.25) is 14.4 Å². The number of rotatable bonds is 4. The Balaban J connectivity index is 1.69. The third-order valence-electron chi connectivity index (χ3n) is 5.05. The summed E-state index contributed by atoms with van der Waals surface area (Å²) in [4.78, 5) is 33.5. The number of fused-ring (bicyclic) bond motifs is 1. The Labute approximate surface area is 163 Å². The molecule has 0 saturated carbocycles. The number of para-hydroxylation sites is 1. The van der Waals surface area contributed by atoms with E-state index in [0.717, 1.165) is 12.1 Å². The van der Waals surface area contributed by atoms with Gasteiger partial charge < -0.3 is 0 Å². The lowest BCUT2D eigenvalue weighted by Crippen LogP contribution is -2.41. The van der Waals surface area contributed by atoms with Crippen LogP contribution in [0.3, 0.4) is 0 Å². The second-order valence-electron chi connectivity index (χ2n) is 7.40. The zero-order valence-corrected chi connectivity index (χ0v) is 16.0. The highest BCUT2D eigenvalue weighted by atomic mass is 35.5. The summed E-state index contributed by atoms with van der Waals surface area (Å²) in [5.74, 6) is -0.692. The van der Waals surface area contributed by atoms with Crippen molar-refractivity contribution in [1.82, 2.24) is 0 Å². The third-order valence-corrected chi connectivity index (χ3v) is 5.30. The van der Waals surface area contributed by atoms with E-state index in [1.165, 1.54) is 4.90 Å². The van der Waals surface area contributed by atoms with E-state index >= 15 is 0 Å². The number of hydrogen-bond acceptors (Lipinski definition) is 4. The fraction of sp³-hybridized carbons (Fsp3) is 0.333. The van der Waals surface area contributed by atoms with Gasteiger partial charge in [-0.15, -0.1) is 0 Å². The molecule has 0 aliphatic carbocycles. The Kier molecular flexibility index (Phi) is 4.66. The molecule has 2 aliphatic heterocycles. The summed E-state index contributed by atoms with van der Waals surface area (Å²) in [6.45, 7) is 4.21. The topological polar surface area (TPSA) is 49.9 Å². The van der Waals surface area contributed by atoms with Crippen molar-refractivity contribution in [2.75, 3.05) is 9.96 Å². The number of carbonyl (C=O) groups excluding carboxylic acids is 2. The summed E-state index contributed by atoms with van der Waals surface area (Å²) in [5, 5.41) is 2.31. The third kappa shape index (κ3) is 3.11. The van der Waals surface area contributed by atoms with Crippen LogP contribution in [0.25, 0.3) is 0 Å². The first-order valence-corrected chi connectivity index (χ1v) is 9.49. The Hall–Kier alpha value is -2.37. The lowest BCUT2D eigenvalue weighted by molar-refractivity contribution is -0.126. The Morgan fingerprint density at radius 2 is 1.63 bits per heavy atom. The summed E-state index contributed by atoms with van der Waals surface area (Å²) >= 11 is 5.93. The van der Waals surface area contributed by atoms with Gasteiger partial charge in [0, 0.05) is 5.02 Å². The highest BCUT2D eigenvalue weighted by Gasteiger charge is 2.59. The van der Waals surface area contributed by atoms with Gasteiger partial charge in [-0.1, -0.05) is 43.6 Å². The highest BCUT2D eigenvalue weighted by Crippen LogP contribution is 2.42. The molecule has 0 spiro atoms. The zero-order chi connectivity index (χ0) is 19.1. The summed E-state index contributed by atoms with van der Waals surface area (Å²) in [7, 11) is 0. The molecule has 0 radical (unpaired) electrons. The minimum Gasteiger partial charge on any atom is -0.273 e. The van der Waals surface area contributed by atoms with Crippen LogP contribution >= 0.6 is 11.6 Å². The fourth-order valence-electron chi connectivity index (χ4n) is 3.89. The molecule has 0 unspecified atom stereocenters. The quantitative estimate of drug-likeness (QED) is 0.746. The van der Waals surface area contributed by atoms with Crippen LogP contribution in [-0.2, 0) is 14.4 Å². The Bertz CT molecular complexity index is 853. The molecule has 2 aliphatic rings. The molecule has 2 aromatic rings. The monoisotopic (exact) mass is 384 g/mol. The fourth-order valence-corrected chi connectivity index (χ4v) is 4.01. The van der Waals surface area contributed by atoms with Crippen molar-refractivity contribution in [2.24, 2.45) is 11.8 Å². The maximum Gasteiger partial charge on any atom is 0.266 e. The molecule has 0 bridgehead atoms. The van der Waals surface area contributed by atoms with E-state index in [4.69, 9.17) is 16.4 Å². The van der Waals surface area contributed by atoms with Crippen LogP contribution in [0.4, 0.5) is 11.4 Å². The number of hydroxylamine groups is 1. The molecule has 2 heterocycles. The molecular weight excluding hydrogens is 364 g/mol. The number of anilines is 2. The van der Waals surface area contributed by atoms with Crippen molar-refractivity contribution in [3.05, 3.63) is 59.6 Å². The van der Waals surface area contributed by atoms with Gasteiger partial charge in [-0.2, -0.15) is 0 Å². The van der Waals surface area contributed by atoms with Gasteiger partial charge in [0.05, 0.1) is 23.3 Å². The summed E-state index contributed by atoms with van der Waals surface area (Å²) < 4.78 is 0. The van der Waals surface area contributed by atoms with Gasteiger partial charge in [-0.25, -0.2) is 9.96 Å². The second-order valence-corrected chi connectivity index (χ2v) is 7.83. The first-order chi connectivity index (χ1) is 13.0. The lowest BCUT2D eigenvalue weighted by Gasteiger charge is -2.29. The molecule has 3 atom stereocenters. The zero-order valence-electron chi connectivity index (χ0n) is 15.2. The van der Waals surface area contributed by atoms with Crippen molar-refractivity contribution >= 4 is 34.8 Å². The first-order valence-electron chi connectivity index (χ1n) is 9.12. The van der Waals surface area contributed by atoms with Crippen LogP contribution in [0, 0.1) is 11.8 Å². The van der Waals surface area contributed by atoms with Gasteiger partial charge in [0.1, 0.15) is 0 Å². The molecular formula is C21H21ClN2O3. The minimum atomic E-state index is -0.794. The predicted molar refractivity (Wildman–Crippen MR) is 104 cm³/mol. The molecule has 6 heteroatoms. The normalized spacial score (nSPS) is 24.8. The SMILES string of the molecule is CC(C)C[C@H]1[C@H]2C(=O)N(c3ccc(Cl)cc3)C(=O)[C@@H]2ON1c1ccccc1. The van der Waals surface area contributed by atoms with Crippen LogP contribution in [0.2, 0.25) is 5.02 Å². The molecule has 2 saturated heterocycles. The van der Waals surface area contributed by atoms with Gasteiger partial charge >= 0.3 is 0 Å². The second kappa shape index (κ2) is 6.98. The summed E-state index contributed by atoms with van der Waals surface area (Å²) in [5.41, 5.74) is 1.39. The van der Waals surface area contributed by atoms with E-state index in [2.05, 4.69) is 13.8 Å². The first kappa shape index (κ1) is 18.0. The molecule has 4 rings (SSSR count). The smallest absolute Gasteiger partial charge is 0.266 e. The van der Waals surface area contributed by atoms with Crippen LogP contribution in [0.5, 0.6) is 0 Å². The molecule has 0 N–H and O–H groups in total. The molecule has 2 amide bonds. The number of benzene rings is 2. The standard InChI is InChI=1S/C21H21ClN2O3/c1-13(2)12-17-18-19(27-24(17)16-6-4-3-5-7-16)21(26)23(20(18)25)15-10-8-14(22)9-11-15/h3-11,13,17-19H,12H2,1-2H3/t17-,18+,19+/m0/s1. The highest BCUT2D eigenvalue weighted by molar-refractivity contribution is 6.31. The van der Waals surface area contributed by atoms with E-state index in [0.29, 0.717) is 16.6 Å².